The van der Waals surface area contributed by atoms with E-state index in [0.717, 1.165) is 0 Å². The number of benzene rings is 3. The minimum absolute atomic E-state index is 0.209. The molecule has 36 heavy (non-hydrogen) atoms. The molecule has 1 amide bonds. The molecule has 4 rings (SSSR count). The minimum Gasteiger partial charge on any atom is -0.497 e. The Bertz CT molecular complexity index is 1420. The van der Waals surface area contributed by atoms with Crippen molar-refractivity contribution in [3.63, 3.8) is 0 Å². The number of fused-ring (bicyclic) bond motifs is 1. The summed E-state index contributed by atoms with van der Waals surface area (Å²) >= 11 is 0. The number of rotatable bonds is 8. The summed E-state index contributed by atoms with van der Waals surface area (Å²) in [5.74, 6) is 1.92. The number of methoxy groups -OCH3 is 3. The zero-order valence-corrected chi connectivity index (χ0v) is 21.0. The van der Waals surface area contributed by atoms with Gasteiger partial charge in [0, 0.05) is 18.2 Å². The van der Waals surface area contributed by atoms with E-state index in [4.69, 9.17) is 19.2 Å². The molecule has 0 N–H and O–H groups in total. The number of carbonyl (C=O) groups excluding carboxylic acids is 1. The highest BCUT2D eigenvalue weighted by Crippen LogP contribution is 2.28. The van der Waals surface area contributed by atoms with Crippen LogP contribution >= 0.6 is 0 Å². The van der Waals surface area contributed by atoms with E-state index in [1.807, 2.05) is 26.0 Å². The lowest BCUT2D eigenvalue weighted by Gasteiger charge is -2.30. The van der Waals surface area contributed by atoms with Crippen LogP contribution in [-0.2, 0) is 0 Å². The normalized spacial score (nSPS) is 11.7. The van der Waals surface area contributed by atoms with Gasteiger partial charge in [0.05, 0.1) is 44.0 Å². The zero-order valence-electron chi connectivity index (χ0n) is 21.0. The fraction of sp³-hybridized carbons (Fsp3) is 0.250. The van der Waals surface area contributed by atoms with Crippen LogP contribution in [0.2, 0.25) is 0 Å². The Morgan fingerprint density at radius 2 is 1.53 bits per heavy atom. The van der Waals surface area contributed by atoms with E-state index >= 15 is 0 Å². The average Bonchev–Trinajstić information content (AvgIpc) is 2.93. The molecule has 3 aromatic carbocycles. The van der Waals surface area contributed by atoms with Crippen molar-refractivity contribution in [1.82, 2.24) is 14.5 Å². The lowest BCUT2D eigenvalue weighted by atomic mass is 10.1. The van der Waals surface area contributed by atoms with Crippen LogP contribution in [0, 0.1) is 0 Å². The van der Waals surface area contributed by atoms with E-state index < -0.39 is 6.04 Å². The standard InChI is InChI=1S/C28H29N3O5/c1-6-30(27(32)19-15-22(35-4)17-23(16-19)36-5)18(2)26-29-25-10-8-7-9-24(25)28(33)31(26)20-11-13-21(34-3)14-12-20/h7-18H,6H2,1-5H3. The lowest BCUT2D eigenvalue weighted by Crippen LogP contribution is -2.37. The van der Waals surface area contributed by atoms with Gasteiger partial charge in [-0.15, -0.1) is 0 Å². The largest absolute Gasteiger partial charge is 0.497 e. The Labute approximate surface area is 209 Å². The summed E-state index contributed by atoms with van der Waals surface area (Å²) in [6, 6.07) is 18.9. The highest BCUT2D eigenvalue weighted by molar-refractivity contribution is 5.95. The van der Waals surface area contributed by atoms with E-state index in [2.05, 4.69) is 0 Å². The van der Waals surface area contributed by atoms with E-state index in [1.54, 1.807) is 71.2 Å². The van der Waals surface area contributed by atoms with Gasteiger partial charge in [0.25, 0.3) is 11.5 Å². The average molecular weight is 488 g/mol. The van der Waals surface area contributed by atoms with Crippen LogP contribution in [0.4, 0.5) is 0 Å². The molecule has 0 aliphatic rings. The van der Waals surface area contributed by atoms with E-state index in [-0.39, 0.29) is 11.5 Å². The van der Waals surface area contributed by atoms with Gasteiger partial charge in [-0.25, -0.2) is 4.98 Å². The van der Waals surface area contributed by atoms with Gasteiger partial charge >= 0.3 is 0 Å². The van der Waals surface area contributed by atoms with Crippen LogP contribution in [0.3, 0.4) is 0 Å². The van der Waals surface area contributed by atoms with Crippen molar-refractivity contribution in [2.24, 2.45) is 0 Å². The van der Waals surface area contributed by atoms with Gasteiger partial charge in [-0.1, -0.05) is 12.1 Å². The monoisotopic (exact) mass is 487 g/mol. The second kappa shape index (κ2) is 10.5. The topological polar surface area (TPSA) is 82.9 Å². The smallest absolute Gasteiger partial charge is 0.266 e. The molecule has 0 bridgehead atoms. The molecule has 8 heteroatoms. The fourth-order valence-corrected chi connectivity index (χ4v) is 4.24. The fourth-order valence-electron chi connectivity index (χ4n) is 4.24. The molecule has 1 unspecified atom stereocenters. The molecular formula is C28H29N3O5. The Hall–Kier alpha value is -4.33. The Morgan fingerprint density at radius 3 is 2.11 bits per heavy atom. The highest BCUT2D eigenvalue weighted by atomic mass is 16.5. The second-order valence-corrected chi connectivity index (χ2v) is 8.19. The van der Waals surface area contributed by atoms with Gasteiger partial charge in [0.15, 0.2) is 0 Å². The molecule has 186 valence electrons. The van der Waals surface area contributed by atoms with E-state index in [0.29, 0.717) is 51.8 Å². The Morgan fingerprint density at radius 1 is 0.917 bits per heavy atom. The first-order chi connectivity index (χ1) is 17.4. The molecule has 8 nitrogen and oxygen atoms in total. The molecule has 4 aromatic rings. The first-order valence-electron chi connectivity index (χ1n) is 11.6. The van der Waals surface area contributed by atoms with Crippen molar-refractivity contribution in [2.45, 2.75) is 19.9 Å². The number of ether oxygens (including phenoxy) is 3. The zero-order chi connectivity index (χ0) is 25.8. The summed E-state index contributed by atoms with van der Waals surface area (Å²) < 4.78 is 17.5. The number of aromatic nitrogens is 2. The molecule has 0 spiro atoms. The molecule has 0 fully saturated rings. The highest BCUT2D eigenvalue weighted by Gasteiger charge is 2.27. The van der Waals surface area contributed by atoms with E-state index in [1.165, 1.54) is 14.2 Å². The molecule has 0 radical (unpaired) electrons. The van der Waals surface area contributed by atoms with Crippen LogP contribution in [0.15, 0.2) is 71.5 Å². The number of carbonyl (C=O) groups is 1. The Kier molecular flexibility index (Phi) is 7.24. The molecule has 1 aromatic heterocycles. The SMILES string of the molecule is CCN(C(=O)c1cc(OC)cc(OC)c1)C(C)c1nc2ccccc2c(=O)n1-c1ccc(OC)cc1. The summed E-state index contributed by atoms with van der Waals surface area (Å²) in [7, 11) is 4.66. The number of para-hydroxylation sites is 1. The summed E-state index contributed by atoms with van der Waals surface area (Å²) in [6.07, 6.45) is 0. The third kappa shape index (κ3) is 4.62. The molecule has 1 heterocycles. The summed E-state index contributed by atoms with van der Waals surface area (Å²) in [5, 5.41) is 0.496. The third-order valence-corrected chi connectivity index (χ3v) is 6.17. The van der Waals surface area contributed by atoms with Crippen molar-refractivity contribution < 1.29 is 19.0 Å². The number of hydrogen-bond donors (Lipinski definition) is 0. The molecule has 1 atom stereocenters. The van der Waals surface area contributed by atoms with Crippen LogP contribution in [0.5, 0.6) is 17.2 Å². The van der Waals surface area contributed by atoms with E-state index in [9.17, 15) is 9.59 Å². The number of hydrogen-bond acceptors (Lipinski definition) is 6. The molecule has 0 aliphatic carbocycles. The maximum atomic E-state index is 13.7. The van der Waals surface area contributed by atoms with Crippen molar-refractivity contribution >= 4 is 16.8 Å². The molecule has 0 saturated heterocycles. The van der Waals surface area contributed by atoms with Crippen LogP contribution in [0.25, 0.3) is 16.6 Å². The first-order valence-corrected chi connectivity index (χ1v) is 11.6. The minimum atomic E-state index is -0.529. The predicted octanol–water partition coefficient (Wildman–Crippen LogP) is 4.63. The van der Waals surface area contributed by atoms with Gasteiger partial charge in [-0.05, 0) is 62.4 Å². The van der Waals surface area contributed by atoms with Gasteiger partial charge in [-0.2, -0.15) is 0 Å². The lowest BCUT2D eigenvalue weighted by molar-refractivity contribution is 0.0692. The second-order valence-electron chi connectivity index (χ2n) is 8.19. The number of amides is 1. The maximum absolute atomic E-state index is 13.7. The first kappa shape index (κ1) is 24.8. The Balaban J connectivity index is 1.87. The summed E-state index contributed by atoms with van der Waals surface area (Å²) in [6.45, 7) is 4.16. The molecule has 0 aliphatic heterocycles. The maximum Gasteiger partial charge on any atom is 0.266 e. The molecule has 0 saturated carbocycles. The van der Waals surface area contributed by atoms with Gasteiger partial charge in [-0.3, -0.25) is 14.2 Å². The van der Waals surface area contributed by atoms with Crippen LogP contribution in [-0.4, -0.2) is 48.2 Å². The van der Waals surface area contributed by atoms with Crippen molar-refractivity contribution in [2.75, 3.05) is 27.9 Å². The van der Waals surface area contributed by atoms with Gasteiger partial charge in [0.1, 0.15) is 23.1 Å². The van der Waals surface area contributed by atoms with Crippen molar-refractivity contribution in [3.8, 4) is 22.9 Å². The quantitative estimate of drug-likeness (QED) is 0.360. The van der Waals surface area contributed by atoms with Crippen molar-refractivity contribution in [3.05, 3.63) is 88.5 Å². The third-order valence-electron chi connectivity index (χ3n) is 6.17. The summed E-state index contributed by atoms with van der Waals surface area (Å²) in [4.78, 5) is 33.9. The molecular weight excluding hydrogens is 458 g/mol. The number of nitrogens with zero attached hydrogens (tertiary/aromatic N) is 3. The van der Waals surface area contributed by atoms with Crippen LogP contribution in [0.1, 0.15) is 36.1 Å². The van der Waals surface area contributed by atoms with Gasteiger partial charge in [0.2, 0.25) is 0 Å². The summed E-state index contributed by atoms with van der Waals surface area (Å²) in [5.41, 5.74) is 1.41. The predicted molar refractivity (Wildman–Crippen MR) is 139 cm³/mol. The van der Waals surface area contributed by atoms with Gasteiger partial charge < -0.3 is 19.1 Å². The van der Waals surface area contributed by atoms with Crippen LogP contribution < -0.4 is 19.8 Å². The van der Waals surface area contributed by atoms with Crippen molar-refractivity contribution in [1.29, 1.82) is 0 Å².